The number of aryl methyl sites for hydroxylation is 1. The maximum absolute atomic E-state index is 12.3. The molecule has 3 N–H and O–H groups in total. The molecule has 8 heteroatoms. The Labute approximate surface area is 136 Å². The van der Waals surface area contributed by atoms with Gasteiger partial charge < -0.3 is 15.7 Å². The molecule has 0 aliphatic carbocycles. The lowest BCUT2D eigenvalue weighted by molar-refractivity contribution is -0.134. The molecule has 1 aliphatic heterocycles. The molecule has 22 heavy (non-hydrogen) atoms. The summed E-state index contributed by atoms with van der Waals surface area (Å²) in [7, 11) is 0. The van der Waals surface area contributed by atoms with Crippen LogP contribution in [0.3, 0.4) is 0 Å². The minimum absolute atomic E-state index is 0. The van der Waals surface area contributed by atoms with E-state index in [0.29, 0.717) is 37.7 Å². The van der Waals surface area contributed by atoms with Crippen LogP contribution in [0.2, 0.25) is 0 Å². The zero-order chi connectivity index (χ0) is 15.2. The van der Waals surface area contributed by atoms with Crippen molar-refractivity contribution in [2.24, 2.45) is 11.7 Å². The summed E-state index contributed by atoms with van der Waals surface area (Å²) >= 11 is 0. The van der Waals surface area contributed by atoms with Gasteiger partial charge in [-0.3, -0.25) is 9.48 Å². The Balaban J connectivity index is 0.00000242. The first-order valence-corrected chi connectivity index (χ1v) is 7.23. The van der Waals surface area contributed by atoms with E-state index in [1.165, 1.54) is 0 Å². The van der Waals surface area contributed by atoms with Crippen LogP contribution in [-0.4, -0.2) is 51.4 Å². The number of aromatic nitrogens is 2. The molecular weight excluding hydrogens is 306 g/mol. The van der Waals surface area contributed by atoms with Crippen molar-refractivity contribution in [1.82, 2.24) is 14.7 Å². The third-order valence-electron chi connectivity index (χ3n) is 3.98. The molecule has 122 valence electrons. The normalized spacial score (nSPS) is 16.7. The Bertz CT molecular complexity index is 520. The van der Waals surface area contributed by atoms with Gasteiger partial charge in [-0.05, 0) is 31.2 Å². The van der Waals surface area contributed by atoms with E-state index >= 15 is 0 Å². The largest absolute Gasteiger partial charge is 0.396 e. The highest BCUT2D eigenvalue weighted by molar-refractivity contribution is 5.85. The number of rotatable bonds is 5. The van der Waals surface area contributed by atoms with Gasteiger partial charge in [0.1, 0.15) is 11.8 Å². The number of carbonyl (C=O) groups excluding carboxylic acids is 1. The first kappa shape index (κ1) is 18.4. The predicted octanol–water partition coefficient (Wildman–Crippen LogP) is 0.125. The molecule has 0 bridgehead atoms. The molecule has 0 radical (unpaired) electrons. The quantitative estimate of drug-likeness (QED) is 0.798. The van der Waals surface area contributed by atoms with E-state index in [-0.39, 0.29) is 24.9 Å². The number of aliphatic hydroxyl groups is 1. The van der Waals surface area contributed by atoms with Gasteiger partial charge in [-0.15, -0.1) is 12.4 Å². The summed E-state index contributed by atoms with van der Waals surface area (Å²) in [5.41, 5.74) is 6.43. The van der Waals surface area contributed by atoms with Gasteiger partial charge >= 0.3 is 0 Å². The maximum Gasteiger partial charge on any atom is 0.239 e. The molecule has 1 saturated heterocycles. The summed E-state index contributed by atoms with van der Waals surface area (Å²) in [4.78, 5) is 14.0. The molecule has 0 saturated carbocycles. The molecule has 1 aromatic rings. The van der Waals surface area contributed by atoms with Crippen molar-refractivity contribution < 1.29 is 9.90 Å². The Morgan fingerprint density at radius 2 is 2.23 bits per heavy atom. The smallest absolute Gasteiger partial charge is 0.239 e. The van der Waals surface area contributed by atoms with E-state index in [4.69, 9.17) is 16.1 Å². The summed E-state index contributed by atoms with van der Waals surface area (Å²) in [6, 6.07) is 3.10. The second-order valence-electron chi connectivity index (χ2n) is 5.40. The van der Waals surface area contributed by atoms with Crippen molar-refractivity contribution in [3.05, 3.63) is 18.0 Å². The number of hydrogen-bond acceptors (Lipinski definition) is 5. The minimum atomic E-state index is -0.577. The number of aliphatic hydroxyl groups excluding tert-OH is 1. The van der Waals surface area contributed by atoms with E-state index in [1.54, 1.807) is 21.8 Å². The zero-order valence-corrected chi connectivity index (χ0v) is 13.2. The van der Waals surface area contributed by atoms with E-state index in [2.05, 4.69) is 5.10 Å². The van der Waals surface area contributed by atoms with Crippen LogP contribution in [0.4, 0.5) is 0 Å². The van der Waals surface area contributed by atoms with Crippen LogP contribution in [0.5, 0.6) is 0 Å². The molecule has 1 fully saturated rings. The molecule has 0 aromatic carbocycles. The second-order valence-corrected chi connectivity index (χ2v) is 5.40. The first-order chi connectivity index (χ1) is 10.2. The molecular formula is C14H22ClN5O2. The van der Waals surface area contributed by atoms with Crippen LogP contribution >= 0.6 is 12.4 Å². The number of carbonyl (C=O) groups is 1. The molecule has 1 atom stereocenters. The maximum atomic E-state index is 12.3. The summed E-state index contributed by atoms with van der Waals surface area (Å²) in [5, 5.41) is 22.0. The van der Waals surface area contributed by atoms with Crippen molar-refractivity contribution in [3.63, 3.8) is 0 Å². The van der Waals surface area contributed by atoms with Gasteiger partial charge in [-0.2, -0.15) is 10.4 Å². The third kappa shape index (κ3) is 4.44. The number of halogens is 1. The standard InChI is InChI=1S/C14H21N5O2.ClH/c15-9-12-1-5-17-19(12)8-4-13(16)14(21)18-6-2-11(10-20)3-7-18;/h1,5,11,13,20H,2-4,6-8,10,16H2;1H. The molecule has 7 nitrogen and oxygen atoms in total. The Morgan fingerprint density at radius 1 is 1.55 bits per heavy atom. The fourth-order valence-corrected chi connectivity index (χ4v) is 2.56. The average Bonchev–Trinajstić information content (AvgIpc) is 2.99. The van der Waals surface area contributed by atoms with E-state index in [0.717, 1.165) is 12.8 Å². The lowest BCUT2D eigenvalue weighted by atomic mass is 9.97. The monoisotopic (exact) mass is 327 g/mol. The topological polar surface area (TPSA) is 108 Å². The number of nitrogens with zero attached hydrogens (tertiary/aromatic N) is 4. The number of nitrogens with two attached hydrogens (primary N) is 1. The fraction of sp³-hybridized carbons (Fsp3) is 0.643. The number of nitriles is 1. The molecule has 1 aromatic heterocycles. The predicted molar refractivity (Wildman–Crippen MR) is 83.2 cm³/mol. The van der Waals surface area contributed by atoms with E-state index in [9.17, 15) is 4.79 Å². The van der Waals surface area contributed by atoms with Gasteiger partial charge in [0.05, 0.1) is 12.2 Å². The van der Waals surface area contributed by atoms with Gasteiger partial charge in [0.2, 0.25) is 5.91 Å². The van der Waals surface area contributed by atoms with Crippen LogP contribution in [0.1, 0.15) is 25.0 Å². The van der Waals surface area contributed by atoms with Crippen molar-refractivity contribution in [2.45, 2.75) is 31.8 Å². The zero-order valence-electron chi connectivity index (χ0n) is 12.4. The molecule has 2 heterocycles. The summed E-state index contributed by atoms with van der Waals surface area (Å²) in [5.74, 6) is 0.240. The van der Waals surface area contributed by atoms with Gasteiger partial charge in [0.15, 0.2) is 0 Å². The van der Waals surface area contributed by atoms with Crippen molar-refractivity contribution in [3.8, 4) is 6.07 Å². The van der Waals surface area contributed by atoms with Crippen LogP contribution in [0, 0.1) is 17.2 Å². The number of amides is 1. The lowest BCUT2D eigenvalue weighted by Gasteiger charge is -2.32. The summed E-state index contributed by atoms with van der Waals surface area (Å²) in [6.45, 7) is 1.95. The van der Waals surface area contributed by atoms with Crippen LogP contribution < -0.4 is 5.73 Å². The van der Waals surface area contributed by atoms with E-state index < -0.39 is 6.04 Å². The van der Waals surface area contributed by atoms with Crippen molar-refractivity contribution in [1.29, 1.82) is 5.26 Å². The third-order valence-corrected chi connectivity index (χ3v) is 3.98. The minimum Gasteiger partial charge on any atom is -0.396 e. The highest BCUT2D eigenvalue weighted by atomic mass is 35.5. The number of likely N-dealkylation sites (tertiary alicyclic amines) is 1. The first-order valence-electron chi connectivity index (χ1n) is 7.23. The van der Waals surface area contributed by atoms with Crippen LogP contribution in [0.25, 0.3) is 0 Å². The number of hydrogen-bond donors (Lipinski definition) is 2. The average molecular weight is 328 g/mol. The summed E-state index contributed by atoms with van der Waals surface area (Å²) in [6.07, 6.45) is 3.67. The van der Waals surface area contributed by atoms with Crippen molar-refractivity contribution >= 4 is 18.3 Å². The molecule has 1 aliphatic rings. The second kappa shape index (κ2) is 8.73. The lowest BCUT2D eigenvalue weighted by Crippen LogP contribution is -2.47. The fourth-order valence-electron chi connectivity index (χ4n) is 2.56. The van der Waals surface area contributed by atoms with Gasteiger partial charge in [-0.25, -0.2) is 0 Å². The van der Waals surface area contributed by atoms with Crippen LogP contribution in [-0.2, 0) is 11.3 Å². The van der Waals surface area contributed by atoms with Crippen molar-refractivity contribution in [2.75, 3.05) is 19.7 Å². The van der Waals surface area contributed by atoms with Gasteiger partial charge in [0.25, 0.3) is 0 Å². The summed E-state index contributed by atoms with van der Waals surface area (Å²) < 4.78 is 1.56. The highest BCUT2D eigenvalue weighted by Crippen LogP contribution is 2.17. The molecule has 1 amide bonds. The Hall–Kier alpha value is -1.62. The SMILES string of the molecule is Cl.N#Cc1ccnn1CCC(N)C(=O)N1CCC(CO)CC1. The van der Waals surface area contributed by atoms with Gasteiger partial charge in [0, 0.05) is 26.2 Å². The van der Waals surface area contributed by atoms with Crippen LogP contribution in [0.15, 0.2) is 12.3 Å². The van der Waals surface area contributed by atoms with Gasteiger partial charge in [-0.1, -0.05) is 0 Å². The molecule has 2 rings (SSSR count). The molecule has 1 unspecified atom stereocenters. The highest BCUT2D eigenvalue weighted by Gasteiger charge is 2.25. The Morgan fingerprint density at radius 3 is 2.82 bits per heavy atom. The molecule has 0 spiro atoms. The van der Waals surface area contributed by atoms with E-state index in [1.807, 2.05) is 6.07 Å². The number of piperidine rings is 1. The Kier molecular flexibility index (Phi) is 7.32.